The van der Waals surface area contributed by atoms with Crippen molar-refractivity contribution in [3.8, 4) is 0 Å². The zero-order valence-corrected chi connectivity index (χ0v) is 7.91. The summed E-state index contributed by atoms with van der Waals surface area (Å²) in [6.45, 7) is -0.205. The van der Waals surface area contributed by atoms with Crippen molar-refractivity contribution in [2.75, 3.05) is 11.9 Å². The largest absolute Gasteiger partial charge is 0.426 e. The Morgan fingerprint density at radius 2 is 2.08 bits per heavy atom. The Bertz CT molecular complexity index is 236. The molecule has 0 aliphatic rings. The summed E-state index contributed by atoms with van der Waals surface area (Å²) in [6.07, 6.45) is 0. The molecule has 0 aliphatic heterocycles. The molecule has 0 heterocycles. The third kappa shape index (κ3) is 6.27. The van der Waals surface area contributed by atoms with Crippen LogP contribution in [-0.4, -0.2) is 25.4 Å². The first-order chi connectivity index (χ1) is 5.48. The van der Waals surface area contributed by atoms with Gasteiger partial charge in [-0.1, -0.05) is 15.9 Å². The zero-order chi connectivity index (χ0) is 9.61. The molecule has 0 fully saturated rings. The average Bonchev–Trinajstić information content (AvgIpc) is 1.98. The van der Waals surface area contributed by atoms with Gasteiger partial charge in [0.1, 0.15) is 0 Å². The number of alkyl halides is 1. The molecule has 0 saturated carbocycles. The number of rotatable bonds is 6. The summed E-state index contributed by atoms with van der Waals surface area (Å²) in [4.78, 5) is 12.5. The fourth-order valence-corrected chi connectivity index (χ4v) is 1.04. The Hall–Kier alpha value is -0.450. The van der Waals surface area contributed by atoms with Gasteiger partial charge in [-0.25, -0.2) is 4.18 Å². The second-order valence-corrected chi connectivity index (χ2v) is 3.27. The molecule has 10 heteroatoms. The number of hydrogen-bond acceptors (Lipinski definition) is 7. The van der Waals surface area contributed by atoms with Gasteiger partial charge in [0.15, 0.2) is 0 Å². The van der Waals surface area contributed by atoms with Gasteiger partial charge in [-0.15, -0.1) is 15.1 Å². The first-order valence-corrected chi connectivity index (χ1v) is 4.89. The molecule has 12 heavy (non-hydrogen) atoms. The van der Waals surface area contributed by atoms with Crippen molar-refractivity contribution in [3.63, 3.8) is 0 Å². The van der Waals surface area contributed by atoms with Crippen LogP contribution in [-0.2, 0) is 23.9 Å². The summed E-state index contributed by atoms with van der Waals surface area (Å²) in [5, 5.41) is 8.27. The predicted molar refractivity (Wildman–Crippen MR) is 37.8 cm³/mol. The summed E-state index contributed by atoms with van der Waals surface area (Å²) in [5.41, 5.74) is 0. The van der Waals surface area contributed by atoms with Crippen molar-refractivity contribution in [2.24, 2.45) is 0 Å². The fourth-order valence-electron chi connectivity index (χ4n) is 0.215. The van der Waals surface area contributed by atoms with Crippen LogP contribution in [0.5, 0.6) is 0 Å². The molecule has 0 radical (unpaired) electrons. The molecular formula is C2H4BrNO7S. The molecule has 0 aromatic carbocycles. The molecule has 0 saturated heterocycles. The van der Waals surface area contributed by atoms with Gasteiger partial charge in [-0.3, -0.25) is 0 Å². The average molecular weight is 266 g/mol. The van der Waals surface area contributed by atoms with Crippen LogP contribution in [0.25, 0.3) is 0 Å². The van der Waals surface area contributed by atoms with Crippen molar-refractivity contribution in [2.45, 2.75) is 0 Å². The number of hydrogen-bond donors (Lipinski definition) is 0. The molecule has 8 nitrogen and oxygen atoms in total. The molecule has 0 spiro atoms. The topological polar surface area (TPSA) is 105 Å². The lowest BCUT2D eigenvalue weighted by atomic mass is 10.9. The van der Waals surface area contributed by atoms with Crippen LogP contribution in [0.3, 0.4) is 0 Å². The summed E-state index contributed by atoms with van der Waals surface area (Å²) in [5.74, 6) is 0. The van der Waals surface area contributed by atoms with Gasteiger partial charge in [0, 0.05) is 5.33 Å². The van der Waals surface area contributed by atoms with Gasteiger partial charge in [0.25, 0.3) is 0 Å². The SMILES string of the molecule is O=[N+]([O-])OOS(=O)(=O)OCCBr. The van der Waals surface area contributed by atoms with Gasteiger partial charge in [-0.05, 0) is 4.33 Å². The molecule has 0 aliphatic carbocycles. The molecule has 0 N–H and O–H groups in total. The Balaban J connectivity index is 3.80. The zero-order valence-electron chi connectivity index (χ0n) is 5.51. The molecule has 0 aromatic rings. The molecule has 0 aromatic heterocycles. The van der Waals surface area contributed by atoms with Gasteiger partial charge in [0.2, 0.25) is 0 Å². The van der Waals surface area contributed by atoms with Crippen LogP contribution in [0.4, 0.5) is 0 Å². The Kier molecular flexibility index (Phi) is 5.04. The standard InChI is InChI=1S/C2H4BrNO7S/c3-1-2-9-12(7,8)11-10-4(5)6/h1-2H2. The monoisotopic (exact) mass is 265 g/mol. The van der Waals surface area contributed by atoms with Crippen LogP contribution in [0.15, 0.2) is 0 Å². The summed E-state index contributed by atoms with van der Waals surface area (Å²) in [7, 11) is -4.43. The highest BCUT2D eigenvalue weighted by Gasteiger charge is 2.14. The molecular weight excluding hydrogens is 262 g/mol. The maximum absolute atomic E-state index is 10.4. The summed E-state index contributed by atoms with van der Waals surface area (Å²) >= 11 is 2.86. The fraction of sp³-hybridized carbons (Fsp3) is 1.00. The summed E-state index contributed by atoms with van der Waals surface area (Å²) in [6, 6.07) is 0. The Morgan fingerprint density at radius 1 is 1.50 bits per heavy atom. The van der Waals surface area contributed by atoms with E-state index >= 15 is 0 Å². The van der Waals surface area contributed by atoms with E-state index in [0.29, 0.717) is 0 Å². The van der Waals surface area contributed by atoms with Crippen LogP contribution in [0.1, 0.15) is 0 Å². The minimum Gasteiger partial charge on any atom is -0.246 e. The number of nitrogens with zero attached hydrogens (tertiary/aromatic N) is 1. The van der Waals surface area contributed by atoms with Crippen molar-refractivity contribution >= 4 is 26.3 Å². The van der Waals surface area contributed by atoms with Crippen molar-refractivity contribution in [3.05, 3.63) is 10.1 Å². The van der Waals surface area contributed by atoms with E-state index in [2.05, 4.69) is 29.4 Å². The maximum Gasteiger partial charge on any atom is 0.426 e. The lowest BCUT2D eigenvalue weighted by Gasteiger charge is -1.99. The van der Waals surface area contributed by atoms with E-state index < -0.39 is 15.5 Å². The minimum absolute atomic E-state index is 0.205. The van der Waals surface area contributed by atoms with E-state index in [9.17, 15) is 18.5 Å². The van der Waals surface area contributed by atoms with E-state index in [1.807, 2.05) is 0 Å². The van der Waals surface area contributed by atoms with Crippen LogP contribution in [0.2, 0.25) is 0 Å². The number of halogens is 1. The lowest BCUT2D eigenvalue weighted by Crippen LogP contribution is -2.14. The normalized spacial score (nSPS) is 11.1. The molecule has 0 unspecified atom stereocenters. The molecule has 0 atom stereocenters. The predicted octanol–water partition coefficient (Wildman–Crippen LogP) is -0.217. The van der Waals surface area contributed by atoms with E-state index in [0.717, 1.165) is 0 Å². The van der Waals surface area contributed by atoms with Crippen molar-refractivity contribution < 1.29 is 27.0 Å². The van der Waals surface area contributed by atoms with E-state index in [4.69, 9.17) is 0 Å². The second kappa shape index (κ2) is 5.24. The third-order valence-electron chi connectivity index (χ3n) is 0.479. The van der Waals surface area contributed by atoms with E-state index in [-0.39, 0.29) is 11.9 Å². The second-order valence-electron chi connectivity index (χ2n) is 1.29. The van der Waals surface area contributed by atoms with Crippen LogP contribution in [0, 0.1) is 10.1 Å². The highest BCUT2D eigenvalue weighted by atomic mass is 79.9. The third-order valence-corrected chi connectivity index (χ3v) is 1.49. The molecule has 72 valence electrons. The van der Waals surface area contributed by atoms with Crippen molar-refractivity contribution in [1.29, 1.82) is 0 Å². The maximum atomic E-state index is 10.4. The molecule has 0 bridgehead atoms. The molecule has 0 amide bonds. The quantitative estimate of drug-likeness (QED) is 0.283. The van der Waals surface area contributed by atoms with Crippen LogP contribution < -0.4 is 0 Å². The van der Waals surface area contributed by atoms with E-state index in [1.54, 1.807) is 0 Å². The van der Waals surface area contributed by atoms with Crippen LogP contribution >= 0.6 is 15.9 Å². The summed E-state index contributed by atoms with van der Waals surface area (Å²) < 4.78 is 28.1. The first-order valence-electron chi connectivity index (χ1n) is 2.44. The van der Waals surface area contributed by atoms with Gasteiger partial charge >= 0.3 is 15.5 Å². The van der Waals surface area contributed by atoms with E-state index in [1.165, 1.54) is 0 Å². The highest BCUT2D eigenvalue weighted by Crippen LogP contribution is 1.97. The Morgan fingerprint density at radius 3 is 2.50 bits per heavy atom. The smallest absolute Gasteiger partial charge is 0.246 e. The minimum atomic E-state index is -4.43. The molecule has 0 rings (SSSR count). The highest BCUT2D eigenvalue weighted by molar-refractivity contribution is 9.09. The van der Waals surface area contributed by atoms with Gasteiger partial charge in [-0.2, -0.15) is 8.42 Å². The van der Waals surface area contributed by atoms with Gasteiger partial charge in [0.05, 0.1) is 6.61 Å². The van der Waals surface area contributed by atoms with Crippen molar-refractivity contribution in [1.82, 2.24) is 0 Å². The lowest BCUT2D eigenvalue weighted by molar-refractivity contribution is -0.833. The Labute approximate surface area is 75.9 Å². The first kappa shape index (κ1) is 11.6. The van der Waals surface area contributed by atoms with Gasteiger partial charge < -0.3 is 0 Å².